The number of carbonyl (C=O) groups is 4. The van der Waals surface area contributed by atoms with E-state index in [9.17, 15) is 19.2 Å². The summed E-state index contributed by atoms with van der Waals surface area (Å²) in [5.41, 5.74) is 6.11. The molecular formula is C40H54N8O6. The monoisotopic (exact) mass is 742 g/mol. The van der Waals surface area contributed by atoms with Gasteiger partial charge in [-0.1, -0.05) is 39.8 Å². The van der Waals surface area contributed by atoms with Gasteiger partial charge in [-0.25, -0.2) is 19.6 Å². The van der Waals surface area contributed by atoms with Gasteiger partial charge >= 0.3 is 12.2 Å². The summed E-state index contributed by atoms with van der Waals surface area (Å²) < 4.78 is 9.52. The maximum absolute atomic E-state index is 13.6. The van der Waals surface area contributed by atoms with Gasteiger partial charge in [0.15, 0.2) is 0 Å². The minimum Gasteiger partial charge on any atom is -0.453 e. The Hall–Kier alpha value is -5.14. The number of aromatic nitrogens is 4. The first-order valence-electron chi connectivity index (χ1n) is 19.2. The van der Waals surface area contributed by atoms with Crippen molar-refractivity contribution in [2.45, 2.75) is 103 Å². The lowest BCUT2D eigenvalue weighted by atomic mass is 10.0. The molecule has 4 N–H and O–H groups in total. The van der Waals surface area contributed by atoms with Crippen LogP contribution in [0, 0.1) is 11.8 Å². The second-order valence-electron chi connectivity index (χ2n) is 15.2. The average molecular weight is 743 g/mol. The molecule has 290 valence electrons. The normalized spacial score (nSPS) is 18.4. The minimum absolute atomic E-state index is 0.0909. The average Bonchev–Trinajstić information content (AvgIpc) is 3.98. The van der Waals surface area contributed by atoms with Crippen LogP contribution in [0.5, 0.6) is 0 Å². The van der Waals surface area contributed by atoms with Crippen LogP contribution in [-0.4, -0.2) is 93.1 Å². The van der Waals surface area contributed by atoms with Gasteiger partial charge in [0.25, 0.3) is 0 Å². The summed E-state index contributed by atoms with van der Waals surface area (Å²) in [5.74, 6) is 1.12. The Morgan fingerprint density at radius 3 is 1.48 bits per heavy atom. The number of nitrogens with zero attached hydrogens (tertiary/aromatic N) is 4. The highest BCUT2D eigenvalue weighted by Crippen LogP contribution is 2.34. The maximum Gasteiger partial charge on any atom is 0.407 e. The van der Waals surface area contributed by atoms with Crippen molar-refractivity contribution in [3.05, 3.63) is 59.2 Å². The number of aryl methyl sites for hydroxylation is 2. The van der Waals surface area contributed by atoms with Crippen LogP contribution in [0.3, 0.4) is 0 Å². The van der Waals surface area contributed by atoms with E-state index in [0.717, 1.165) is 85.1 Å². The van der Waals surface area contributed by atoms with Gasteiger partial charge in [0.1, 0.15) is 23.7 Å². The Bertz CT molecular complexity index is 1830. The van der Waals surface area contributed by atoms with Crippen molar-refractivity contribution < 1.29 is 28.7 Å². The molecule has 2 saturated heterocycles. The second-order valence-corrected chi connectivity index (χ2v) is 15.2. The van der Waals surface area contributed by atoms with Gasteiger partial charge in [-0.2, -0.15) is 0 Å². The number of hydrogen-bond donors (Lipinski definition) is 4. The maximum atomic E-state index is 13.6. The van der Waals surface area contributed by atoms with Crippen molar-refractivity contribution in [2.75, 3.05) is 27.3 Å². The number of imidazole rings is 2. The molecule has 4 atom stereocenters. The first-order chi connectivity index (χ1) is 26.0. The molecule has 0 radical (unpaired) electrons. The number of hydrogen-bond acceptors (Lipinski definition) is 8. The molecule has 0 spiro atoms. The third-order valence-electron chi connectivity index (χ3n) is 10.8. The first kappa shape index (κ1) is 38.6. The summed E-state index contributed by atoms with van der Waals surface area (Å²) in [7, 11) is 2.59. The number of likely N-dealkylation sites (tertiary alicyclic amines) is 2. The third kappa shape index (κ3) is 8.47. The van der Waals surface area contributed by atoms with Crippen LogP contribution in [0.4, 0.5) is 9.59 Å². The number of amides is 4. The van der Waals surface area contributed by atoms with Crippen molar-refractivity contribution in [2.24, 2.45) is 11.8 Å². The molecule has 2 aliphatic rings. The first-order valence-corrected chi connectivity index (χ1v) is 19.2. The van der Waals surface area contributed by atoms with E-state index in [1.54, 1.807) is 0 Å². The number of fused-ring (bicyclic) bond motifs is 2. The van der Waals surface area contributed by atoms with Gasteiger partial charge in [0.2, 0.25) is 11.8 Å². The molecule has 4 aromatic rings. The number of unbranched alkanes of at least 4 members (excludes halogenated alkanes) is 1. The van der Waals surface area contributed by atoms with E-state index in [0.29, 0.717) is 13.1 Å². The van der Waals surface area contributed by atoms with Gasteiger partial charge < -0.3 is 39.9 Å². The molecule has 0 aliphatic carbocycles. The van der Waals surface area contributed by atoms with Crippen LogP contribution in [0.25, 0.3) is 22.1 Å². The third-order valence-corrected chi connectivity index (χ3v) is 10.8. The summed E-state index contributed by atoms with van der Waals surface area (Å²) >= 11 is 0. The Labute approximate surface area is 316 Å². The highest BCUT2D eigenvalue weighted by atomic mass is 16.5. The summed E-state index contributed by atoms with van der Waals surface area (Å²) in [5, 5.41) is 5.41. The Balaban J connectivity index is 1.05. The molecule has 6 rings (SSSR count). The van der Waals surface area contributed by atoms with Crippen LogP contribution in [-0.2, 0) is 31.9 Å². The van der Waals surface area contributed by atoms with Crippen molar-refractivity contribution in [1.82, 2.24) is 40.4 Å². The van der Waals surface area contributed by atoms with Gasteiger partial charge in [-0.3, -0.25) is 9.59 Å². The molecule has 14 heteroatoms. The zero-order valence-corrected chi connectivity index (χ0v) is 32.2. The lowest BCUT2D eigenvalue weighted by molar-refractivity contribution is -0.136. The van der Waals surface area contributed by atoms with E-state index >= 15 is 0 Å². The van der Waals surface area contributed by atoms with Crippen LogP contribution >= 0.6 is 0 Å². The van der Waals surface area contributed by atoms with E-state index in [-0.39, 0.29) is 35.7 Å². The fourth-order valence-electron chi connectivity index (χ4n) is 7.82. The van der Waals surface area contributed by atoms with Crippen LogP contribution < -0.4 is 10.6 Å². The van der Waals surface area contributed by atoms with Crippen LogP contribution in [0.2, 0.25) is 0 Å². The molecule has 0 bridgehead atoms. The molecule has 14 nitrogen and oxygen atoms in total. The number of nitrogens with one attached hydrogen (secondary N) is 4. The standard InChI is InChI=1S/C40H54N8O6/c1-23(2)33(45-39(51)53-5)37(49)47-19-9-13-31(47)35-41-27-17-15-25(21-29(27)43-35)11-7-8-12-26-16-18-28-30(22-26)44-36(42-28)32-14-10-20-48(32)38(50)34(24(3)4)46-40(52)54-6/h15-18,21-24,31-34H,7-14,19-20H2,1-6H3,(H,41,43)(H,42,44)(H,45,51)(H,46,52)/t31-,32-,33?,34?/m0/s1. The molecule has 54 heavy (non-hydrogen) atoms. The van der Waals surface area contributed by atoms with Crippen molar-refractivity contribution in [3.8, 4) is 0 Å². The molecule has 4 amide bonds. The van der Waals surface area contributed by atoms with Gasteiger partial charge in [0, 0.05) is 13.1 Å². The fourth-order valence-corrected chi connectivity index (χ4v) is 7.82. The molecule has 2 aliphatic heterocycles. The van der Waals surface area contributed by atoms with Crippen molar-refractivity contribution >= 4 is 46.1 Å². The Morgan fingerprint density at radius 2 is 1.11 bits per heavy atom. The summed E-state index contributed by atoms with van der Waals surface area (Å²) in [4.78, 5) is 71.4. The highest BCUT2D eigenvalue weighted by Gasteiger charge is 2.39. The van der Waals surface area contributed by atoms with Crippen molar-refractivity contribution in [1.29, 1.82) is 0 Å². The van der Waals surface area contributed by atoms with E-state index in [1.807, 2.05) is 49.6 Å². The number of benzene rings is 2. The van der Waals surface area contributed by atoms with Gasteiger partial charge in [-0.15, -0.1) is 0 Å². The molecule has 0 saturated carbocycles. The number of carbonyl (C=O) groups excluding carboxylic acids is 4. The van der Waals surface area contributed by atoms with Crippen molar-refractivity contribution in [3.63, 3.8) is 0 Å². The number of rotatable bonds is 13. The molecule has 2 unspecified atom stereocenters. The number of aromatic amines is 2. The molecular weight excluding hydrogens is 688 g/mol. The van der Waals surface area contributed by atoms with E-state index < -0.39 is 24.3 Å². The zero-order valence-electron chi connectivity index (χ0n) is 32.2. The molecule has 4 heterocycles. The predicted molar refractivity (Wildman–Crippen MR) is 205 cm³/mol. The molecule has 2 aromatic carbocycles. The predicted octanol–water partition coefficient (Wildman–Crippen LogP) is 6.09. The number of alkyl carbamates (subject to hydrolysis) is 2. The Kier molecular flexibility index (Phi) is 12.1. The highest BCUT2D eigenvalue weighted by molar-refractivity contribution is 5.87. The van der Waals surface area contributed by atoms with Crippen LogP contribution in [0.15, 0.2) is 36.4 Å². The lowest BCUT2D eigenvalue weighted by Crippen LogP contribution is -2.51. The zero-order chi connectivity index (χ0) is 38.5. The number of ether oxygens (including phenoxy) is 2. The van der Waals surface area contributed by atoms with E-state index in [1.165, 1.54) is 25.3 Å². The van der Waals surface area contributed by atoms with Gasteiger partial charge in [0.05, 0.1) is 48.4 Å². The molecule has 2 aromatic heterocycles. The fraction of sp³-hybridized carbons (Fsp3) is 0.550. The summed E-state index contributed by atoms with van der Waals surface area (Å²) in [6.07, 6.45) is 6.01. The van der Waals surface area contributed by atoms with E-state index in [2.05, 4.69) is 44.9 Å². The smallest absolute Gasteiger partial charge is 0.407 e. The van der Waals surface area contributed by atoms with Crippen LogP contribution in [0.1, 0.15) is 101 Å². The number of methoxy groups -OCH3 is 2. The van der Waals surface area contributed by atoms with Gasteiger partial charge in [-0.05, 0) is 98.6 Å². The quantitative estimate of drug-likeness (QED) is 0.119. The topological polar surface area (TPSA) is 175 Å². The number of H-pyrrole nitrogens is 2. The second kappa shape index (κ2) is 16.9. The lowest BCUT2D eigenvalue weighted by Gasteiger charge is -2.29. The summed E-state index contributed by atoms with van der Waals surface area (Å²) in [6.45, 7) is 8.87. The van der Waals surface area contributed by atoms with E-state index in [4.69, 9.17) is 19.4 Å². The SMILES string of the molecule is COC(=O)NC(C(=O)N1CCC[C@H]1c1nc2ccc(CCCCc3ccc4nc([C@@H]5CCCN5C(=O)C(NC(=O)OC)C(C)C)[nH]c4c3)cc2[nH]1)C(C)C. The summed E-state index contributed by atoms with van der Waals surface area (Å²) in [6, 6.07) is 11.0. The Morgan fingerprint density at radius 1 is 0.704 bits per heavy atom. The minimum atomic E-state index is -0.671. The largest absolute Gasteiger partial charge is 0.453 e. The molecule has 2 fully saturated rings.